The van der Waals surface area contributed by atoms with Gasteiger partial charge in [-0.1, -0.05) is 46.9 Å². The van der Waals surface area contributed by atoms with Crippen LogP contribution < -0.4 is 10.5 Å². The molecule has 0 radical (unpaired) electrons. The molecule has 0 aromatic heterocycles. The number of nitrogens with two attached hydrogens (primary N) is 1. The van der Waals surface area contributed by atoms with Crippen molar-refractivity contribution in [3.8, 4) is 5.75 Å². The Morgan fingerprint density at radius 1 is 1.00 bits per heavy atom. The maximum atomic E-state index is 6.01. The summed E-state index contributed by atoms with van der Waals surface area (Å²) in [5.41, 5.74) is 7.14. The first-order valence-corrected chi connectivity index (χ1v) is 6.32. The third-order valence-corrected chi connectivity index (χ3v) is 3.52. The van der Waals surface area contributed by atoms with Gasteiger partial charge in [-0.3, -0.25) is 0 Å². The zero-order chi connectivity index (χ0) is 13.1. The predicted octanol–water partition coefficient (Wildman–Crippen LogP) is 4.81. The monoisotopic (exact) mass is 301 g/mol. The van der Waals surface area contributed by atoms with Crippen LogP contribution in [0.3, 0.4) is 0 Å². The standard InChI is InChI=1S/C13H10Cl3NO/c14-9-5-4-8(6-11(9)17)7-18-12-3-1-2-10(15)13(12)16/h1-6H,7,17H2. The first-order chi connectivity index (χ1) is 8.58. The van der Waals surface area contributed by atoms with E-state index in [1.807, 2.05) is 6.07 Å². The lowest BCUT2D eigenvalue weighted by Gasteiger charge is -2.09. The quantitative estimate of drug-likeness (QED) is 0.826. The highest BCUT2D eigenvalue weighted by molar-refractivity contribution is 6.42. The number of hydrogen-bond donors (Lipinski definition) is 1. The van der Waals surface area contributed by atoms with Gasteiger partial charge in [-0.15, -0.1) is 0 Å². The topological polar surface area (TPSA) is 35.2 Å². The molecule has 2 N–H and O–H groups in total. The Bertz CT molecular complexity index is 572. The van der Waals surface area contributed by atoms with Crippen molar-refractivity contribution in [1.29, 1.82) is 0 Å². The Balaban J connectivity index is 2.11. The molecule has 2 aromatic carbocycles. The van der Waals surface area contributed by atoms with Crippen LogP contribution in [0.1, 0.15) is 5.56 Å². The summed E-state index contributed by atoms with van der Waals surface area (Å²) in [6.07, 6.45) is 0. The third-order valence-electron chi connectivity index (χ3n) is 2.37. The molecule has 2 aromatic rings. The van der Waals surface area contributed by atoms with Gasteiger partial charge >= 0.3 is 0 Å². The lowest BCUT2D eigenvalue weighted by atomic mass is 10.2. The van der Waals surface area contributed by atoms with Gasteiger partial charge in [0.05, 0.1) is 15.7 Å². The Morgan fingerprint density at radius 2 is 1.78 bits per heavy atom. The predicted molar refractivity (Wildman–Crippen MR) is 76.7 cm³/mol. The van der Waals surface area contributed by atoms with Gasteiger partial charge in [0.1, 0.15) is 17.4 Å². The molecule has 0 bridgehead atoms. The molecule has 0 saturated carbocycles. The second-order valence-corrected chi connectivity index (χ2v) is 4.89. The van der Waals surface area contributed by atoms with Crippen LogP contribution in [-0.4, -0.2) is 0 Å². The second kappa shape index (κ2) is 5.70. The van der Waals surface area contributed by atoms with Gasteiger partial charge < -0.3 is 10.5 Å². The van der Waals surface area contributed by atoms with E-state index in [0.29, 0.717) is 33.1 Å². The maximum Gasteiger partial charge on any atom is 0.139 e. The molecular weight excluding hydrogens is 293 g/mol. The van der Waals surface area contributed by atoms with Crippen LogP contribution in [0.15, 0.2) is 36.4 Å². The van der Waals surface area contributed by atoms with Gasteiger partial charge in [-0.25, -0.2) is 0 Å². The van der Waals surface area contributed by atoms with Crippen molar-refractivity contribution < 1.29 is 4.74 Å². The summed E-state index contributed by atoms with van der Waals surface area (Å²) < 4.78 is 5.58. The highest BCUT2D eigenvalue weighted by atomic mass is 35.5. The van der Waals surface area contributed by atoms with Gasteiger partial charge in [0.25, 0.3) is 0 Å². The van der Waals surface area contributed by atoms with Crippen LogP contribution in [0.25, 0.3) is 0 Å². The van der Waals surface area contributed by atoms with Crippen LogP contribution in [-0.2, 0) is 6.61 Å². The van der Waals surface area contributed by atoms with Crippen LogP contribution in [0.2, 0.25) is 15.1 Å². The Hall–Kier alpha value is -1.09. The van der Waals surface area contributed by atoms with Gasteiger partial charge in [0.2, 0.25) is 0 Å². The lowest BCUT2D eigenvalue weighted by Crippen LogP contribution is -1.97. The minimum Gasteiger partial charge on any atom is -0.487 e. The molecule has 0 aliphatic rings. The van der Waals surface area contributed by atoms with Gasteiger partial charge in [0, 0.05) is 0 Å². The molecule has 0 spiro atoms. The number of nitrogen functional groups attached to an aromatic ring is 1. The molecular formula is C13H10Cl3NO. The molecule has 0 amide bonds. The largest absolute Gasteiger partial charge is 0.487 e. The fourth-order valence-corrected chi connectivity index (χ4v) is 1.90. The fraction of sp³-hybridized carbons (Fsp3) is 0.0769. The van der Waals surface area contributed by atoms with E-state index in [1.54, 1.807) is 30.3 Å². The number of benzene rings is 2. The SMILES string of the molecule is Nc1cc(COc2cccc(Cl)c2Cl)ccc1Cl. The average Bonchev–Trinajstić information content (AvgIpc) is 2.35. The minimum absolute atomic E-state index is 0.349. The van der Waals surface area contributed by atoms with Crippen LogP contribution >= 0.6 is 34.8 Å². The molecule has 0 aliphatic heterocycles. The van der Waals surface area contributed by atoms with Crippen molar-refractivity contribution in [2.24, 2.45) is 0 Å². The molecule has 0 atom stereocenters. The molecule has 0 heterocycles. The second-order valence-electron chi connectivity index (χ2n) is 3.70. The van der Waals surface area contributed by atoms with E-state index in [0.717, 1.165) is 5.56 Å². The van der Waals surface area contributed by atoms with Crippen molar-refractivity contribution >= 4 is 40.5 Å². The molecule has 0 unspecified atom stereocenters. The number of rotatable bonds is 3. The number of halogens is 3. The first kappa shape index (κ1) is 13.3. The molecule has 18 heavy (non-hydrogen) atoms. The fourth-order valence-electron chi connectivity index (χ4n) is 1.44. The van der Waals surface area contributed by atoms with Gasteiger partial charge in [-0.2, -0.15) is 0 Å². The highest BCUT2D eigenvalue weighted by Gasteiger charge is 2.06. The summed E-state index contributed by atoms with van der Waals surface area (Å²) in [5.74, 6) is 0.540. The first-order valence-electron chi connectivity index (χ1n) is 5.18. The maximum absolute atomic E-state index is 6.01. The van der Waals surface area contributed by atoms with Crippen LogP contribution in [0, 0.1) is 0 Å². The molecule has 2 nitrogen and oxygen atoms in total. The van der Waals surface area contributed by atoms with E-state index >= 15 is 0 Å². The Labute approximate surface area is 120 Å². The summed E-state index contributed by atoms with van der Waals surface area (Å²) in [6.45, 7) is 0.349. The van der Waals surface area contributed by atoms with Crippen molar-refractivity contribution in [1.82, 2.24) is 0 Å². The Kier molecular flexibility index (Phi) is 4.23. The Morgan fingerprint density at radius 3 is 2.50 bits per heavy atom. The molecule has 2 rings (SSSR count). The molecule has 0 saturated heterocycles. The number of ether oxygens (including phenoxy) is 1. The summed E-state index contributed by atoms with van der Waals surface area (Å²) in [7, 11) is 0. The van der Waals surface area contributed by atoms with Gasteiger partial charge in [-0.05, 0) is 29.8 Å². The van der Waals surface area contributed by atoms with Crippen molar-refractivity contribution in [3.05, 3.63) is 57.0 Å². The van der Waals surface area contributed by atoms with E-state index in [4.69, 9.17) is 45.3 Å². The van der Waals surface area contributed by atoms with Crippen LogP contribution in [0.5, 0.6) is 5.75 Å². The summed E-state index contributed by atoms with van der Waals surface area (Å²) >= 11 is 17.7. The van der Waals surface area contributed by atoms with E-state index in [1.165, 1.54) is 0 Å². The third kappa shape index (κ3) is 3.02. The van der Waals surface area contributed by atoms with E-state index in [-0.39, 0.29) is 0 Å². The smallest absolute Gasteiger partial charge is 0.139 e. The normalized spacial score (nSPS) is 10.4. The van der Waals surface area contributed by atoms with E-state index in [2.05, 4.69) is 0 Å². The van der Waals surface area contributed by atoms with Crippen molar-refractivity contribution in [2.75, 3.05) is 5.73 Å². The van der Waals surface area contributed by atoms with E-state index in [9.17, 15) is 0 Å². The molecule has 94 valence electrons. The minimum atomic E-state index is 0.349. The van der Waals surface area contributed by atoms with E-state index < -0.39 is 0 Å². The van der Waals surface area contributed by atoms with Crippen molar-refractivity contribution in [2.45, 2.75) is 6.61 Å². The summed E-state index contributed by atoms with van der Waals surface area (Å²) in [5, 5.41) is 1.39. The number of anilines is 1. The lowest BCUT2D eigenvalue weighted by molar-refractivity contribution is 0.306. The van der Waals surface area contributed by atoms with Gasteiger partial charge in [0.15, 0.2) is 0 Å². The zero-order valence-corrected chi connectivity index (χ0v) is 11.6. The molecule has 5 heteroatoms. The van der Waals surface area contributed by atoms with Crippen molar-refractivity contribution in [3.63, 3.8) is 0 Å². The number of hydrogen-bond acceptors (Lipinski definition) is 2. The summed E-state index contributed by atoms with van der Waals surface area (Å²) in [4.78, 5) is 0. The molecule has 0 fully saturated rings. The summed E-state index contributed by atoms with van der Waals surface area (Å²) in [6, 6.07) is 10.6. The highest BCUT2D eigenvalue weighted by Crippen LogP contribution is 2.32. The average molecular weight is 303 g/mol. The van der Waals surface area contributed by atoms with Crippen LogP contribution in [0.4, 0.5) is 5.69 Å². The molecule has 0 aliphatic carbocycles. The zero-order valence-electron chi connectivity index (χ0n) is 9.29.